The molecule has 3 N–H and O–H groups in total. The van der Waals surface area contributed by atoms with Crippen LogP contribution in [0.5, 0.6) is 0 Å². The molecule has 4 nitrogen and oxygen atoms in total. The molecule has 1 amide bonds. The van der Waals surface area contributed by atoms with Crippen LogP contribution in [-0.2, 0) is 4.79 Å². The molecule has 0 saturated carbocycles. The molecule has 8 atom stereocenters. The van der Waals surface area contributed by atoms with E-state index in [4.69, 9.17) is 0 Å². The van der Waals surface area contributed by atoms with Crippen LogP contribution >= 0.6 is 0 Å². The first kappa shape index (κ1) is 39.2. The number of nitrogens with one attached hydrogen (secondary N) is 1. The standard InChI is InChI=1S/C25H40NO3.3C4H9.Sn/c1-9-25(8)15-17(3)11-13-22(25)14-16(2)10-12-18(4)23(28)19(5)24(29)20(6)26-21(7)27;3*1-3-4-2;/h1,9-14,17-20,22-24,28-29H,15H2,2-8H3,(H,26,27);3*1,3-4H2,2H3;/b9-1?,12-10+,16-14+;;;;/t17-,18-,19+,20-,22-,23-,24+,25-;;;;/m1..../s1. The van der Waals surface area contributed by atoms with Crippen LogP contribution in [0, 0.1) is 29.1 Å². The van der Waals surface area contributed by atoms with Gasteiger partial charge in [0.05, 0.1) is 6.04 Å². The van der Waals surface area contributed by atoms with Crippen molar-refractivity contribution in [3.8, 4) is 0 Å². The molecule has 0 saturated heterocycles. The Morgan fingerprint density at radius 1 is 0.976 bits per heavy atom. The summed E-state index contributed by atoms with van der Waals surface area (Å²) in [5.74, 6) is 0.256. The molecule has 0 fully saturated rings. The molecule has 1 aliphatic rings. The summed E-state index contributed by atoms with van der Waals surface area (Å²) in [6, 6.07) is -0.412. The molecule has 0 aromatic heterocycles. The number of carbonyl (C=O) groups is 1. The van der Waals surface area contributed by atoms with Crippen LogP contribution in [0.25, 0.3) is 0 Å². The van der Waals surface area contributed by atoms with Crippen molar-refractivity contribution < 1.29 is 15.0 Å². The van der Waals surface area contributed by atoms with E-state index in [0.29, 0.717) is 11.8 Å². The third kappa shape index (κ3) is 13.0. The molecule has 0 unspecified atom stereocenters. The van der Waals surface area contributed by atoms with Gasteiger partial charge in [0.2, 0.25) is 5.91 Å². The van der Waals surface area contributed by atoms with Crippen molar-refractivity contribution in [3.05, 3.63) is 46.1 Å². The Hall–Kier alpha value is -0.851. The first-order chi connectivity index (χ1) is 19.7. The number of aliphatic hydroxyl groups is 2. The number of carbonyl (C=O) groups excluding carboxylic acids is 1. The summed E-state index contributed by atoms with van der Waals surface area (Å²) < 4.78 is 7.37. The maximum absolute atomic E-state index is 11.4. The summed E-state index contributed by atoms with van der Waals surface area (Å²) in [4.78, 5) is 11.4. The van der Waals surface area contributed by atoms with Gasteiger partial charge in [0, 0.05) is 6.92 Å². The first-order valence-corrected chi connectivity index (χ1v) is 24.8. The Labute approximate surface area is 264 Å². The van der Waals surface area contributed by atoms with Gasteiger partial charge in [-0.25, -0.2) is 0 Å². The number of rotatable bonds is 19. The molecule has 0 aromatic carbocycles. The van der Waals surface area contributed by atoms with Crippen molar-refractivity contribution in [2.24, 2.45) is 29.1 Å². The molecule has 0 aliphatic heterocycles. The summed E-state index contributed by atoms with van der Waals surface area (Å²) in [5, 5.41) is 24.4. The number of hydrogen-bond acceptors (Lipinski definition) is 3. The molecule has 0 aromatic rings. The van der Waals surface area contributed by atoms with Gasteiger partial charge in [-0.1, -0.05) is 0 Å². The SMILES string of the molecule is CCC[CH2][Sn](/[CH]=C/[C@]1(C)C[C@H](C)C=C[C@@H]1/C=C(C)/C=C/[C@@H](C)[C@@H](O)[C@H](C)[C@H](O)[C@@H](C)NC(C)=O)([CH2]CCC)[CH2]CCC. The Morgan fingerprint density at radius 2 is 1.52 bits per heavy atom. The second-order valence-electron chi connectivity index (χ2n) is 14.1. The molecule has 0 radical (unpaired) electrons. The molecule has 1 aliphatic carbocycles. The van der Waals surface area contributed by atoms with Gasteiger partial charge in [-0.3, -0.25) is 4.79 Å². The predicted octanol–water partition coefficient (Wildman–Crippen LogP) is 9.17. The van der Waals surface area contributed by atoms with Gasteiger partial charge in [0.15, 0.2) is 0 Å². The Bertz CT molecular complexity index is 887. The number of unbranched alkanes of at least 4 members (excludes halogenated alkanes) is 3. The normalized spacial score (nSPS) is 25.5. The zero-order chi connectivity index (χ0) is 31.9. The third-order valence-electron chi connectivity index (χ3n) is 9.74. The van der Waals surface area contributed by atoms with E-state index in [1.807, 2.05) is 13.8 Å². The number of amides is 1. The monoisotopic (exact) mass is 693 g/mol. The molecular weight excluding hydrogens is 625 g/mol. The van der Waals surface area contributed by atoms with Gasteiger partial charge in [-0.15, -0.1) is 0 Å². The van der Waals surface area contributed by atoms with Gasteiger partial charge >= 0.3 is 225 Å². The number of hydrogen-bond donors (Lipinski definition) is 3. The van der Waals surface area contributed by atoms with Crippen molar-refractivity contribution >= 4 is 24.3 Å². The van der Waals surface area contributed by atoms with Gasteiger partial charge in [-0.2, -0.15) is 0 Å². The molecule has 0 heterocycles. The van der Waals surface area contributed by atoms with Crippen molar-refractivity contribution in [2.75, 3.05) is 0 Å². The van der Waals surface area contributed by atoms with Crippen LogP contribution in [0.15, 0.2) is 46.1 Å². The van der Waals surface area contributed by atoms with Crippen LogP contribution in [0.4, 0.5) is 0 Å². The van der Waals surface area contributed by atoms with E-state index in [1.54, 1.807) is 6.92 Å². The minimum atomic E-state index is -2.38. The second kappa shape index (κ2) is 19.5. The molecule has 5 heteroatoms. The molecule has 42 heavy (non-hydrogen) atoms. The van der Waals surface area contributed by atoms with E-state index in [0.717, 1.165) is 0 Å². The summed E-state index contributed by atoms with van der Waals surface area (Å²) in [6.45, 7) is 21.1. The van der Waals surface area contributed by atoms with Gasteiger partial charge in [-0.05, 0) is 6.92 Å². The fourth-order valence-corrected chi connectivity index (χ4v) is 21.4. The number of allylic oxidation sites excluding steroid dienone is 6. The average molecular weight is 693 g/mol. The van der Waals surface area contributed by atoms with Crippen LogP contribution in [-0.4, -0.2) is 52.7 Å². The predicted molar refractivity (Wildman–Crippen MR) is 185 cm³/mol. The van der Waals surface area contributed by atoms with Crippen molar-refractivity contribution in [3.63, 3.8) is 0 Å². The Morgan fingerprint density at radius 3 is 2.02 bits per heavy atom. The van der Waals surface area contributed by atoms with Crippen molar-refractivity contribution in [2.45, 2.75) is 146 Å². The molecule has 0 spiro atoms. The topological polar surface area (TPSA) is 69.6 Å². The molecule has 242 valence electrons. The quantitative estimate of drug-likeness (QED) is 0.0719. The first-order valence-electron chi connectivity index (χ1n) is 17.1. The average Bonchev–Trinajstić information content (AvgIpc) is 2.95. The third-order valence-corrected chi connectivity index (χ3v) is 23.8. The van der Waals surface area contributed by atoms with E-state index >= 15 is 0 Å². The van der Waals surface area contributed by atoms with E-state index in [2.05, 4.69) is 87.4 Å². The summed E-state index contributed by atoms with van der Waals surface area (Å²) in [7, 11) is 0. The molecular formula is C37H67NO3Sn. The number of aliphatic hydroxyl groups excluding tert-OH is 2. The summed E-state index contributed by atoms with van der Waals surface area (Å²) in [6.07, 6.45) is 21.8. The fraction of sp³-hybridized carbons (Fsp3) is 0.757. The molecule has 1 rings (SSSR count). The van der Waals surface area contributed by atoms with Crippen LogP contribution in [0.2, 0.25) is 13.3 Å². The van der Waals surface area contributed by atoms with Crippen LogP contribution in [0.3, 0.4) is 0 Å². The van der Waals surface area contributed by atoms with Gasteiger partial charge < -0.3 is 10.4 Å². The second-order valence-corrected chi connectivity index (χ2v) is 27.1. The molecule has 0 bridgehead atoms. The van der Waals surface area contributed by atoms with Crippen molar-refractivity contribution in [1.82, 2.24) is 5.32 Å². The van der Waals surface area contributed by atoms with Gasteiger partial charge in [0.1, 0.15) is 0 Å². The van der Waals surface area contributed by atoms with E-state index in [9.17, 15) is 15.0 Å². The van der Waals surface area contributed by atoms with E-state index in [1.165, 1.54) is 70.8 Å². The van der Waals surface area contributed by atoms with Crippen LogP contribution in [0.1, 0.15) is 114 Å². The minimum absolute atomic E-state index is 0.111. The fourth-order valence-electron chi connectivity index (χ4n) is 6.73. The summed E-state index contributed by atoms with van der Waals surface area (Å²) >= 11 is -2.38. The van der Waals surface area contributed by atoms with E-state index < -0.39 is 36.6 Å². The maximum atomic E-state index is 11.4. The van der Waals surface area contributed by atoms with Crippen molar-refractivity contribution in [1.29, 1.82) is 0 Å². The van der Waals surface area contributed by atoms with E-state index in [-0.39, 0.29) is 23.2 Å². The zero-order valence-electron chi connectivity index (χ0n) is 29.0. The van der Waals surface area contributed by atoms with Gasteiger partial charge in [0.25, 0.3) is 0 Å². The zero-order valence-corrected chi connectivity index (χ0v) is 31.8. The van der Waals surface area contributed by atoms with Crippen LogP contribution < -0.4 is 5.32 Å². The summed E-state index contributed by atoms with van der Waals surface area (Å²) in [5.41, 5.74) is 1.31. The Balaban J connectivity index is 3.18. The Kier molecular flexibility index (Phi) is 18.2.